The van der Waals surface area contributed by atoms with Gasteiger partial charge in [0.1, 0.15) is 0 Å². The monoisotopic (exact) mass is 399 g/mol. The normalized spacial score (nSPS) is 10.7. The number of aryl methyl sites for hydroxylation is 1. The van der Waals surface area contributed by atoms with E-state index >= 15 is 0 Å². The lowest BCUT2D eigenvalue weighted by molar-refractivity contribution is -0.116. The lowest BCUT2D eigenvalue weighted by Gasteiger charge is -2.13. The summed E-state index contributed by atoms with van der Waals surface area (Å²) in [5.41, 5.74) is 3.77. The molecule has 146 valence electrons. The van der Waals surface area contributed by atoms with E-state index < -0.39 is 0 Å². The molecule has 0 fully saturated rings. The van der Waals surface area contributed by atoms with Gasteiger partial charge in [-0.2, -0.15) is 0 Å². The fraction of sp³-hybridized carbons (Fsp3) is 0.250. The number of benzene rings is 2. The molecule has 2 N–H and O–H groups in total. The van der Waals surface area contributed by atoms with Crippen LogP contribution >= 0.6 is 11.6 Å². The summed E-state index contributed by atoms with van der Waals surface area (Å²) in [5, 5.41) is 5.95. The van der Waals surface area contributed by atoms with E-state index in [4.69, 9.17) is 11.6 Å². The molecule has 2 amide bonds. The topological polar surface area (TPSA) is 79.3 Å². The van der Waals surface area contributed by atoms with Gasteiger partial charge in [0.15, 0.2) is 0 Å². The maximum atomic E-state index is 12.3. The zero-order chi connectivity index (χ0) is 20.3. The van der Waals surface area contributed by atoms with Crippen molar-refractivity contribution in [3.8, 4) is 0 Å². The lowest BCUT2D eigenvalue weighted by atomic mass is 10.2. The van der Waals surface area contributed by atoms with Crippen molar-refractivity contribution < 1.29 is 9.59 Å². The number of hydrogen-bond acceptors (Lipinski definition) is 4. The fourth-order valence-corrected chi connectivity index (χ4v) is 2.94. The van der Waals surface area contributed by atoms with Gasteiger partial charge in [-0.05, 0) is 54.1 Å². The van der Waals surface area contributed by atoms with Gasteiger partial charge in [-0.3, -0.25) is 9.59 Å². The molecular formula is C20H22ClN5O2. The zero-order valence-electron chi connectivity index (χ0n) is 16.0. The van der Waals surface area contributed by atoms with Crippen molar-refractivity contribution in [1.29, 1.82) is 0 Å². The average Bonchev–Trinajstić information content (AvgIpc) is 2.95. The van der Waals surface area contributed by atoms with E-state index in [1.807, 2.05) is 43.3 Å². The second-order valence-corrected chi connectivity index (χ2v) is 6.98. The number of rotatable bonds is 6. The van der Waals surface area contributed by atoms with Crippen LogP contribution in [0.5, 0.6) is 0 Å². The van der Waals surface area contributed by atoms with E-state index in [9.17, 15) is 9.59 Å². The highest BCUT2D eigenvalue weighted by Crippen LogP contribution is 2.19. The van der Waals surface area contributed by atoms with Crippen molar-refractivity contribution in [3.05, 3.63) is 53.3 Å². The van der Waals surface area contributed by atoms with Crippen LogP contribution < -0.4 is 15.5 Å². The Labute approximate surface area is 168 Å². The van der Waals surface area contributed by atoms with Crippen molar-refractivity contribution in [2.24, 2.45) is 7.05 Å². The molecule has 0 spiro atoms. The van der Waals surface area contributed by atoms with Crippen molar-refractivity contribution in [2.45, 2.75) is 6.42 Å². The molecule has 2 aromatic carbocycles. The number of imidazole rings is 1. The molecule has 1 heterocycles. The SMILES string of the molecule is CN(C)c1ccc(NC(=O)CCNC(=O)c2ccc3nc(Cl)n(C)c3c2)cc1. The predicted octanol–water partition coefficient (Wildman–Crippen LogP) is 3.05. The van der Waals surface area contributed by atoms with E-state index in [1.165, 1.54) is 0 Å². The highest BCUT2D eigenvalue weighted by molar-refractivity contribution is 6.29. The predicted molar refractivity (Wildman–Crippen MR) is 112 cm³/mol. The second kappa shape index (κ2) is 8.31. The number of carbonyl (C=O) groups excluding carboxylic acids is 2. The Morgan fingerprint density at radius 3 is 2.54 bits per heavy atom. The quantitative estimate of drug-likeness (QED) is 0.667. The standard InChI is InChI=1S/C20H22ClN5O2/c1-25(2)15-7-5-14(6-8-15)23-18(27)10-11-22-19(28)13-4-9-16-17(12-13)26(3)20(21)24-16/h4-9,12H,10-11H2,1-3H3,(H,22,28)(H,23,27). The first-order chi connectivity index (χ1) is 13.3. The van der Waals surface area contributed by atoms with Crippen LogP contribution in [0.1, 0.15) is 16.8 Å². The summed E-state index contributed by atoms with van der Waals surface area (Å²) in [6.45, 7) is 0.241. The summed E-state index contributed by atoms with van der Waals surface area (Å²) < 4.78 is 1.71. The van der Waals surface area contributed by atoms with Crippen LogP contribution in [0, 0.1) is 0 Å². The van der Waals surface area contributed by atoms with Gasteiger partial charge in [0.2, 0.25) is 11.2 Å². The van der Waals surface area contributed by atoms with Crippen LogP contribution in [-0.4, -0.2) is 42.0 Å². The Morgan fingerprint density at radius 1 is 1.14 bits per heavy atom. The third kappa shape index (κ3) is 4.43. The molecule has 0 atom stereocenters. The highest BCUT2D eigenvalue weighted by Gasteiger charge is 2.11. The molecule has 8 heteroatoms. The molecule has 28 heavy (non-hydrogen) atoms. The Bertz CT molecular complexity index is 1010. The number of amides is 2. The Morgan fingerprint density at radius 2 is 1.86 bits per heavy atom. The number of hydrogen-bond donors (Lipinski definition) is 2. The summed E-state index contributed by atoms with van der Waals surface area (Å²) >= 11 is 6.00. The second-order valence-electron chi connectivity index (χ2n) is 6.64. The number of halogens is 1. The Balaban J connectivity index is 1.52. The van der Waals surface area contributed by atoms with E-state index in [1.54, 1.807) is 29.8 Å². The smallest absolute Gasteiger partial charge is 0.251 e. The Kier molecular flexibility index (Phi) is 5.84. The first kappa shape index (κ1) is 19.7. The van der Waals surface area contributed by atoms with Crippen LogP contribution in [-0.2, 0) is 11.8 Å². The van der Waals surface area contributed by atoms with E-state index in [-0.39, 0.29) is 24.8 Å². The maximum absolute atomic E-state index is 12.3. The number of nitrogens with zero attached hydrogens (tertiary/aromatic N) is 3. The first-order valence-electron chi connectivity index (χ1n) is 8.82. The van der Waals surface area contributed by atoms with Crippen LogP contribution in [0.2, 0.25) is 5.28 Å². The van der Waals surface area contributed by atoms with Crippen molar-refractivity contribution in [3.63, 3.8) is 0 Å². The third-order valence-electron chi connectivity index (χ3n) is 4.39. The minimum absolute atomic E-state index is 0.160. The highest BCUT2D eigenvalue weighted by atomic mass is 35.5. The van der Waals surface area contributed by atoms with E-state index in [0.29, 0.717) is 10.8 Å². The van der Waals surface area contributed by atoms with Crippen LogP contribution in [0.25, 0.3) is 11.0 Å². The summed E-state index contributed by atoms with van der Waals surface area (Å²) in [6.07, 6.45) is 0.182. The third-order valence-corrected chi connectivity index (χ3v) is 4.73. The molecule has 3 rings (SSSR count). The lowest BCUT2D eigenvalue weighted by Crippen LogP contribution is -2.27. The summed E-state index contributed by atoms with van der Waals surface area (Å²) in [5.74, 6) is -0.408. The maximum Gasteiger partial charge on any atom is 0.251 e. The molecule has 3 aromatic rings. The van der Waals surface area contributed by atoms with Crippen LogP contribution in [0.15, 0.2) is 42.5 Å². The minimum atomic E-state index is -0.248. The van der Waals surface area contributed by atoms with Gasteiger partial charge >= 0.3 is 0 Å². The molecule has 0 radical (unpaired) electrons. The summed E-state index contributed by atoms with van der Waals surface area (Å²) in [7, 11) is 5.70. The van der Waals surface area contributed by atoms with Gasteiger partial charge in [0.05, 0.1) is 11.0 Å². The number of aromatic nitrogens is 2. The van der Waals surface area contributed by atoms with Gasteiger partial charge in [-0.15, -0.1) is 0 Å². The molecule has 0 saturated carbocycles. The van der Waals surface area contributed by atoms with Crippen molar-refractivity contribution >= 4 is 45.8 Å². The van der Waals surface area contributed by atoms with Gasteiger partial charge in [-0.25, -0.2) is 4.98 Å². The summed E-state index contributed by atoms with van der Waals surface area (Å²) in [6, 6.07) is 12.7. The Hall–Kier alpha value is -3.06. The first-order valence-corrected chi connectivity index (χ1v) is 9.20. The van der Waals surface area contributed by atoms with Gasteiger partial charge in [-0.1, -0.05) is 0 Å². The molecule has 0 aliphatic rings. The molecule has 0 bridgehead atoms. The van der Waals surface area contributed by atoms with Crippen molar-refractivity contribution in [1.82, 2.24) is 14.9 Å². The molecule has 7 nitrogen and oxygen atoms in total. The van der Waals surface area contributed by atoms with Gasteiger partial charge < -0.3 is 20.1 Å². The van der Waals surface area contributed by atoms with E-state index in [0.717, 1.165) is 22.4 Å². The zero-order valence-corrected chi connectivity index (χ0v) is 16.7. The number of fused-ring (bicyclic) bond motifs is 1. The molecule has 1 aromatic heterocycles. The molecule has 0 aliphatic heterocycles. The average molecular weight is 400 g/mol. The molecule has 0 saturated heterocycles. The van der Waals surface area contributed by atoms with Crippen molar-refractivity contribution in [2.75, 3.05) is 30.9 Å². The number of anilines is 2. The molecular weight excluding hydrogens is 378 g/mol. The van der Waals surface area contributed by atoms with Gasteiger partial charge in [0, 0.05) is 51.0 Å². The minimum Gasteiger partial charge on any atom is -0.378 e. The van der Waals surface area contributed by atoms with Gasteiger partial charge in [0.25, 0.3) is 5.91 Å². The van der Waals surface area contributed by atoms with E-state index in [2.05, 4.69) is 15.6 Å². The molecule has 0 unspecified atom stereocenters. The number of nitrogens with one attached hydrogen (secondary N) is 2. The van der Waals surface area contributed by atoms with Crippen LogP contribution in [0.4, 0.5) is 11.4 Å². The fourth-order valence-electron chi connectivity index (χ4n) is 2.76. The van der Waals surface area contributed by atoms with Crippen LogP contribution in [0.3, 0.4) is 0 Å². The largest absolute Gasteiger partial charge is 0.378 e. The molecule has 0 aliphatic carbocycles. The summed E-state index contributed by atoms with van der Waals surface area (Å²) in [4.78, 5) is 30.6. The number of carbonyl (C=O) groups is 2.